The highest BCUT2D eigenvalue weighted by atomic mass is 32.2. The van der Waals surface area contributed by atoms with Crippen LogP contribution in [0.15, 0.2) is 65.6 Å². The van der Waals surface area contributed by atoms with Crippen molar-refractivity contribution in [2.45, 2.75) is 17.7 Å². The minimum atomic E-state index is -3.50. The van der Waals surface area contributed by atoms with E-state index in [1.807, 2.05) is 30.3 Å². The number of ether oxygens (including phenoxy) is 1. The Morgan fingerprint density at radius 2 is 1.76 bits per heavy atom. The fourth-order valence-electron chi connectivity index (χ4n) is 3.07. The topological polar surface area (TPSA) is 75.7 Å². The summed E-state index contributed by atoms with van der Waals surface area (Å²) in [5, 5.41) is 2.89. The predicted molar refractivity (Wildman–Crippen MR) is 113 cm³/mol. The molecule has 0 saturated carbocycles. The number of amides is 1. The van der Waals surface area contributed by atoms with Crippen LogP contribution < -0.4 is 5.32 Å². The van der Waals surface area contributed by atoms with Gasteiger partial charge < -0.3 is 10.1 Å². The summed E-state index contributed by atoms with van der Waals surface area (Å²) >= 11 is 0. The van der Waals surface area contributed by atoms with Crippen molar-refractivity contribution in [2.24, 2.45) is 0 Å². The summed E-state index contributed by atoms with van der Waals surface area (Å²) in [6, 6.07) is 16.5. The van der Waals surface area contributed by atoms with Crippen LogP contribution in [0.4, 0.5) is 0 Å². The molecule has 29 heavy (non-hydrogen) atoms. The molecule has 2 aromatic rings. The lowest BCUT2D eigenvalue weighted by Gasteiger charge is -2.26. The normalized spacial score (nSPS) is 16.6. The molecule has 1 fully saturated rings. The molecule has 0 bridgehead atoms. The van der Waals surface area contributed by atoms with Crippen molar-refractivity contribution in [3.8, 4) is 0 Å². The second-order valence-corrected chi connectivity index (χ2v) is 8.91. The first-order valence-corrected chi connectivity index (χ1v) is 11.1. The first-order valence-electron chi connectivity index (χ1n) is 9.65. The fourth-order valence-corrected chi connectivity index (χ4v) is 4.48. The zero-order valence-corrected chi connectivity index (χ0v) is 17.3. The van der Waals surface area contributed by atoms with E-state index < -0.39 is 10.0 Å². The van der Waals surface area contributed by atoms with Gasteiger partial charge in [0.15, 0.2) is 0 Å². The highest BCUT2D eigenvalue weighted by Crippen LogP contribution is 2.18. The van der Waals surface area contributed by atoms with Crippen molar-refractivity contribution in [3.63, 3.8) is 0 Å². The molecule has 1 N–H and O–H groups in total. The van der Waals surface area contributed by atoms with Crippen molar-refractivity contribution in [3.05, 3.63) is 71.8 Å². The largest absolute Gasteiger partial charge is 0.379 e. The number of benzene rings is 2. The third kappa shape index (κ3) is 5.76. The monoisotopic (exact) mass is 414 g/mol. The lowest BCUT2D eigenvalue weighted by molar-refractivity contribution is -0.116. The molecule has 0 aliphatic carbocycles. The number of hydrogen-bond donors (Lipinski definition) is 1. The first-order chi connectivity index (χ1) is 14.0. The molecule has 0 spiro atoms. The van der Waals surface area contributed by atoms with Gasteiger partial charge in [0.05, 0.1) is 18.1 Å². The number of carbonyl (C=O) groups is 1. The van der Waals surface area contributed by atoms with Crippen LogP contribution in [0.2, 0.25) is 0 Å². The van der Waals surface area contributed by atoms with Crippen molar-refractivity contribution in [1.29, 1.82) is 0 Å². The lowest BCUT2D eigenvalue weighted by atomic mass is 10.0. The molecule has 1 atom stereocenters. The summed E-state index contributed by atoms with van der Waals surface area (Å²) in [5.74, 6) is 0.0380. The summed E-state index contributed by atoms with van der Waals surface area (Å²) in [5.41, 5.74) is 1.94. The van der Waals surface area contributed by atoms with Crippen molar-refractivity contribution < 1.29 is 17.9 Å². The summed E-state index contributed by atoms with van der Waals surface area (Å²) in [7, 11) is -3.50. The van der Waals surface area contributed by atoms with Gasteiger partial charge in [-0.3, -0.25) is 4.79 Å². The molecule has 0 unspecified atom stereocenters. The van der Waals surface area contributed by atoms with E-state index in [4.69, 9.17) is 4.74 Å². The summed E-state index contributed by atoms with van der Waals surface area (Å²) in [6.45, 7) is 4.17. The van der Waals surface area contributed by atoms with E-state index >= 15 is 0 Å². The van der Waals surface area contributed by atoms with E-state index in [1.165, 1.54) is 15.9 Å². The average Bonchev–Trinajstić information content (AvgIpc) is 2.77. The molecule has 2 aromatic carbocycles. The fraction of sp³-hybridized carbons (Fsp3) is 0.318. The Balaban J connectivity index is 1.54. The molecule has 1 saturated heterocycles. The van der Waals surface area contributed by atoms with Crippen LogP contribution in [0.1, 0.15) is 24.0 Å². The first kappa shape index (κ1) is 21.2. The number of rotatable bonds is 7. The molecule has 3 rings (SSSR count). The number of carbonyl (C=O) groups excluding carboxylic acids is 1. The Kier molecular flexibility index (Phi) is 7.19. The smallest absolute Gasteiger partial charge is 0.244 e. The number of nitrogens with one attached hydrogen (secondary N) is 1. The van der Waals surface area contributed by atoms with Crippen LogP contribution in [-0.4, -0.2) is 51.5 Å². The molecule has 154 valence electrons. The lowest BCUT2D eigenvalue weighted by Crippen LogP contribution is -2.40. The number of hydrogen-bond acceptors (Lipinski definition) is 4. The van der Waals surface area contributed by atoms with Gasteiger partial charge in [-0.05, 0) is 35.3 Å². The van der Waals surface area contributed by atoms with Gasteiger partial charge in [-0.2, -0.15) is 4.31 Å². The Hall–Kier alpha value is -2.48. The maximum absolute atomic E-state index is 12.6. The van der Waals surface area contributed by atoms with Crippen LogP contribution in [-0.2, 0) is 19.6 Å². The zero-order valence-electron chi connectivity index (χ0n) is 16.5. The van der Waals surface area contributed by atoms with Gasteiger partial charge in [-0.15, -0.1) is 0 Å². The Labute approximate surface area is 172 Å². The van der Waals surface area contributed by atoms with Crippen molar-refractivity contribution in [2.75, 3.05) is 32.8 Å². The third-order valence-electron chi connectivity index (χ3n) is 4.87. The van der Waals surface area contributed by atoms with Crippen molar-refractivity contribution >= 4 is 22.0 Å². The highest BCUT2D eigenvalue weighted by Gasteiger charge is 2.25. The third-order valence-corrected chi connectivity index (χ3v) is 6.78. The van der Waals surface area contributed by atoms with E-state index in [0.29, 0.717) is 32.8 Å². The van der Waals surface area contributed by atoms with Gasteiger partial charge in [0.25, 0.3) is 0 Å². The van der Waals surface area contributed by atoms with Crippen LogP contribution in [0, 0.1) is 0 Å². The quantitative estimate of drug-likeness (QED) is 0.707. The molecule has 0 aromatic heterocycles. The van der Waals surface area contributed by atoms with Gasteiger partial charge >= 0.3 is 0 Å². The number of nitrogens with zero attached hydrogens (tertiary/aromatic N) is 1. The average molecular weight is 415 g/mol. The van der Waals surface area contributed by atoms with Crippen molar-refractivity contribution in [1.82, 2.24) is 9.62 Å². The zero-order chi connectivity index (χ0) is 20.7. The van der Waals surface area contributed by atoms with Crippen LogP contribution in [0.5, 0.6) is 0 Å². The molecule has 1 heterocycles. The summed E-state index contributed by atoms with van der Waals surface area (Å²) in [4.78, 5) is 12.3. The molecule has 6 nitrogen and oxygen atoms in total. The van der Waals surface area contributed by atoms with Gasteiger partial charge in [0.1, 0.15) is 0 Å². The molecule has 0 radical (unpaired) electrons. The molecule has 1 amide bonds. The summed E-state index contributed by atoms with van der Waals surface area (Å²) < 4.78 is 31.9. The van der Waals surface area contributed by atoms with Gasteiger partial charge in [0.2, 0.25) is 15.9 Å². The number of sulfonamides is 1. The second kappa shape index (κ2) is 9.82. The maximum Gasteiger partial charge on any atom is 0.244 e. The minimum Gasteiger partial charge on any atom is -0.379 e. The van der Waals surface area contributed by atoms with Gasteiger partial charge in [-0.1, -0.05) is 49.4 Å². The van der Waals surface area contributed by atoms with Crippen LogP contribution in [0.3, 0.4) is 0 Å². The highest BCUT2D eigenvalue weighted by molar-refractivity contribution is 7.89. The molecular weight excluding hydrogens is 388 g/mol. The Bertz CT molecular complexity index is 935. The Morgan fingerprint density at radius 1 is 1.10 bits per heavy atom. The Morgan fingerprint density at radius 3 is 2.41 bits per heavy atom. The molecular formula is C22H26N2O4S. The van der Waals surface area contributed by atoms with E-state index in [0.717, 1.165) is 5.56 Å². The van der Waals surface area contributed by atoms with E-state index in [-0.39, 0.29) is 16.7 Å². The minimum absolute atomic E-state index is 0.183. The van der Waals surface area contributed by atoms with Crippen LogP contribution in [0.25, 0.3) is 6.08 Å². The molecule has 1 aliphatic rings. The predicted octanol–water partition coefficient (Wildman–Crippen LogP) is 2.64. The maximum atomic E-state index is 12.6. The second-order valence-electron chi connectivity index (χ2n) is 6.98. The number of morpholine rings is 1. The SMILES string of the molecule is C[C@@H](CNC(=O)/C=C/c1ccc(S(=O)(=O)N2CCOCC2)cc1)c1ccccc1. The standard InChI is InChI=1S/C22H26N2O4S/c1-18(20-5-3-2-4-6-20)17-23-22(25)12-9-19-7-10-21(11-8-19)29(26,27)24-13-15-28-16-14-24/h2-12,18H,13-17H2,1H3,(H,23,25)/b12-9+/t18-/m0/s1. The van der Waals surface area contributed by atoms with Gasteiger partial charge in [-0.25, -0.2) is 8.42 Å². The molecule has 7 heteroatoms. The van der Waals surface area contributed by atoms with E-state index in [1.54, 1.807) is 30.3 Å². The van der Waals surface area contributed by atoms with E-state index in [9.17, 15) is 13.2 Å². The van der Waals surface area contributed by atoms with Gasteiger partial charge in [0, 0.05) is 25.7 Å². The van der Waals surface area contributed by atoms with Crippen LogP contribution >= 0.6 is 0 Å². The van der Waals surface area contributed by atoms with E-state index in [2.05, 4.69) is 12.2 Å². The molecule has 1 aliphatic heterocycles. The summed E-state index contributed by atoms with van der Waals surface area (Å²) in [6.07, 6.45) is 3.14.